The lowest BCUT2D eigenvalue weighted by atomic mass is 9.99. The zero-order valence-corrected chi connectivity index (χ0v) is 13.6. The predicted octanol–water partition coefficient (Wildman–Crippen LogP) is 2.62. The fourth-order valence-corrected chi connectivity index (χ4v) is 2.73. The van der Waals surface area contributed by atoms with Gasteiger partial charge in [-0.15, -0.1) is 12.4 Å². The minimum Gasteiger partial charge on any atom is -0.493 e. The molecule has 0 aromatic heterocycles. The van der Waals surface area contributed by atoms with E-state index < -0.39 is 6.04 Å². The molecule has 1 heterocycles. The number of hydrogen-bond donors (Lipinski definition) is 2. The minimum atomic E-state index is -0.544. The Labute approximate surface area is 142 Å². The van der Waals surface area contributed by atoms with Crippen molar-refractivity contribution in [2.24, 2.45) is 5.73 Å². The van der Waals surface area contributed by atoms with Gasteiger partial charge in [0.15, 0.2) is 0 Å². The van der Waals surface area contributed by atoms with Crippen molar-refractivity contribution in [3.8, 4) is 5.75 Å². The number of nitrogens with two attached hydrogens (primary N) is 1. The molecule has 1 amide bonds. The van der Waals surface area contributed by atoms with Crippen LogP contribution in [0, 0.1) is 0 Å². The summed E-state index contributed by atoms with van der Waals surface area (Å²) in [5.74, 6) is 0.723. The fraction of sp³-hybridized carbons (Fsp3) is 0.278. The van der Waals surface area contributed by atoms with Crippen molar-refractivity contribution in [2.45, 2.75) is 24.9 Å². The summed E-state index contributed by atoms with van der Waals surface area (Å²) in [5, 5.41) is 3.05. The second-order valence-corrected chi connectivity index (χ2v) is 5.53. The molecule has 122 valence electrons. The highest BCUT2D eigenvalue weighted by Crippen LogP contribution is 2.31. The molecule has 0 fully saturated rings. The van der Waals surface area contributed by atoms with E-state index in [2.05, 4.69) is 5.32 Å². The third-order valence-corrected chi connectivity index (χ3v) is 3.91. The number of para-hydroxylation sites is 1. The van der Waals surface area contributed by atoms with Crippen LogP contribution in [-0.2, 0) is 11.2 Å². The van der Waals surface area contributed by atoms with Gasteiger partial charge in [0.2, 0.25) is 5.91 Å². The number of ether oxygens (including phenoxy) is 1. The van der Waals surface area contributed by atoms with E-state index in [4.69, 9.17) is 10.5 Å². The summed E-state index contributed by atoms with van der Waals surface area (Å²) in [4.78, 5) is 12.3. The van der Waals surface area contributed by atoms with Gasteiger partial charge < -0.3 is 15.8 Å². The maximum absolute atomic E-state index is 12.3. The van der Waals surface area contributed by atoms with E-state index >= 15 is 0 Å². The van der Waals surface area contributed by atoms with Crippen LogP contribution in [0.5, 0.6) is 5.75 Å². The third-order valence-electron chi connectivity index (χ3n) is 3.91. The van der Waals surface area contributed by atoms with Crippen LogP contribution in [-0.4, -0.2) is 18.6 Å². The Morgan fingerprint density at radius 1 is 1.17 bits per heavy atom. The van der Waals surface area contributed by atoms with Crippen molar-refractivity contribution in [1.29, 1.82) is 0 Å². The van der Waals surface area contributed by atoms with Gasteiger partial charge in [0.05, 0.1) is 18.7 Å². The maximum atomic E-state index is 12.3. The molecule has 1 aliphatic rings. The highest BCUT2D eigenvalue weighted by Gasteiger charge is 2.24. The first-order valence-corrected chi connectivity index (χ1v) is 7.55. The second-order valence-electron chi connectivity index (χ2n) is 5.53. The first-order chi connectivity index (χ1) is 10.7. The van der Waals surface area contributed by atoms with E-state index in [0.717, 1.165) is 23.3 Å². The van der Waals surface area contributed by atoms with Crippen LogP contribution >= 0.6 is 12.4 Å². The lowest BCUT2D eigenvalue weighted by Gasteiger charge is -2.27. The number of hydrogen-bond acceptors (Lipinski definition) is 3. The molecule has 1 unspecified atom stereocenters. The van der Waals surface area contributed by atoms with Crippen molar-refractivity contribution in [3.63, 3.8) is 0 Å². The number of fused-ring (bicyclic) bond motifs is 1. The summed E-state index contributed by atoms with van der Waals surface area (Å²) >= 11 is 0. The molecule has 5 heteroatoms. The maximum Gasteiger partial charge on any atom is 0.237 e. The molecule has 3 N–H and O–H groups in total. The van der Waals surface area contributed by atoms with Gasteiger partial charge >= 0.3 is 0 Å². The predicted molar refractivity (Wildman–Crippen MR) is 92.8 cm³/mol. The first-order valence-electron chi connectivity index (χ1n) is 7.55. The highest BCUT2D eigenvalue weighted by atomic mass is 35.5. The summed E-state index contributed by atoms with van der Waals surface area (Å²) in [6.07, 6.45) is 1.30. The number of carbonyl (C=O) groups excluding carboxylic acids is 1. The molecule has 1 aliphatic heterocycles. The molecule has 0 radical (unpaired) electrons. The van der Waals surface area contributed by atoms with E-state index in [1.165, 1.54) is 0 Å². The molecule has 4 nitrogen and oxygen atoms in total. The number of amides is 1. The number of nitrogens with one attached hydrogen (secondary N) is 1. The standard InChI is InChI=1S/C18H20N2O2.ClH/c19-15(12-13-6-2-1-3-7-13)18(21)20-16-10-11-22-17-9-5-4-8-14(16)17;/h1-9,15-16H,10-12,19H2,(H,20,21);1H/t15-,16?;/m0./s1. The minimum absolute atomic E-state index is 0. The van der Waals surface area contributed by atoms with E-state index in [9.17, 15) is 4.79 Å². The Balaban J connectivity index is 0.00000192. The summed E-state index contributed by atoms with van der Waals surface area (Å²) < 4.78 is 5.61. The molecule has 3 rings (SSSR count). The van der Waals surface area contributed by atoms with Gasteiger partial charge in [-0.2, -0.15) is 0 Å². The van der Waals surface area contributed by atoms with Crippen LogP contribution in [0.3, 0.4) is 0 Å². The van der Waals surface area contributed by atoms with Crippen molar-refractivity contribution < 1.29 is 9.53 Å². The second kappa shape index (κ2) is 7.99. The molecule has 0 aliphatic carbocycles. The van der Waals surface area contributed by atoms with Gasteiger partial charge in [-0.05, 0) is 18.1 Å². The number of benzene rings is 2. The van der Waals surface area contributed by atoms with Crippen LogP contribution in [0.15, 0.2) is 54.6 Å². The molecule has 23 heavy (non-hydrogen) atoms. The summed E-state index contributed by atoms with van der Waals surface area (Å²) in [7, 11) is 0. The van der Waals surface area contributed by atoms with Gasteiger partial charge in [-0.3, -0.25) is 4.79 Å². The number of carbonyl (C=O) groups is 1. The topological polar surface area (TPSA) is 64.4 Å². The van der Waals surface area contributed by atoms with Crippen LogP contribution < -0.4 is 15.8 Å². The van der Waals surface area contributed by atoms with E-state index in [-0.39, 0.29) is 24.4 Å². The quantitative estimate of drug-likeness (QED) is 0.904. The van der Waals surface area contributed by atoms with Gasteiger partial charge in [-0.25, -0.2) is 0 Å². The molecular formula is C18H21ClN2O2. The molecule has 0 saturated heterocycles. The summed E-state index contributed by atoms with van der Waals surface area (Å²) in [6, 6.07) is 17.1. The molecule has 0 bridgehead atoms. The molecule has 2 aromatic rings. The monoisotopic (exact) mass is 332 g/mol. The van der Waals surface area contributed by atoms with Crippen LogP contribution in [0.1, 0.15) is 23.6 Å². The number of halogens is 1. The zero-order valence-electron chi connectivity index (χ0n) is 12.8. The zero-order chi connectivity index (χ0) is 15.4. The van der Waals surface area contributed by atoms with Crippen molar-refractivity contribution in [1.82, 2.24) is 5.32 Å². The Morgan fingerprint density at radius 2 is 1.87 bits per heavy atom. The fourth-order valence-electron chi connectivity index (χ4n) is 2.73. The van der Waals surface area contributed by atoms with E-state index in [0.29, 0.717) is 13.0 Å². The van der Waals surface area contributed by atoms with Crippen molar-refractivity contribution >= 4 is 18.3 Å². The lowest BCUT2D eigenvalue weighted by Crippen LogP contribution is -2.44. The smallest absolute Gasteiger partial charge is 0.237 e. The SMILES string of the molecule is Cl.N[C@@H](Cc1ccccc1)C(=O)NC1CCOc2ccccc21. The van der Waals surface area contributed by atoms with E-state index in [1.807, 2.05) is 54.6 Å². The van der Waals surface area contributed by atoms with Crippen molar-refractivity contribution in [3.05, 3.63) is 65.7 Å². The molecule has 0 spiro atoms. The van der Waals surface area contributed by atoms with Gasteiger partial charge in [0, 0.05) is 12.0 Å². The molecular weight excluding hydrogens is 312 g/mol. The van der Waals surface area contributed by atoms with Gasteiger partial charge in [0.1, 0.15) is 5.75 Å². The third kappa shape index (κ3) is 4.24. The van der Waals surface area contributed by atoms with Gasteiger partial charge in [0.25, 0.3) is 0 Å². The molecule has 0 saturated carbocycles. The first kappa shape index (κ1) is 17.3. The van der Waals surface area contributed by atoms with Crippen LogP contribution in [0.4, 0.5) is 0 Å². The summed E-state index contributed by atoms with van der Waals surface area (Å²) in [5.41, 5.74) is 8.13. The average molecular weight is 333 g/mol. The Kier molecular flexibility index (Phi) is 6.02. The lowest BCUT2D eigenvalue weighted by molar-refractivity contribution is -0.123. The normalized spacial score (nSPS) is 17.2. The Hall–Kier alpha value is -2.04. The largest absolute Gasteiger partial charge is 0.493 e. The van der Waals surface area contributed by atoms with Crippen LogP contribution in [0.25, 0.3) is 0 Å². The average Bonchev–Trinajstić information content (AvgIpc) is 2.56. The molecule has 2 atom stereocenters. The Bertz CT molecular complexity index is 648. The Morgan fingerprint density at radius 3 is 2.65 bits per heavy atom. The van der Waals surface area contributed by atoms with Gasteiger partial charge in [-0.1, -0.05) is 48.5 Å². The highest BCUT2D eigenvalue weighted by molar-refractivity contribution is 5.85. The van der Waals surface area contributed by atoms with Crippen molar-refractivity contribution in [2.75, 3.05) is 6.61 Å². The van der Waals surface area contributed by atoms with Crippen LogP contribution in [0.2, 0.25) is 0 Å². The number of rotatable bonds is 4. The molecule has 2 aromatic carbocycles. The van der Waals surface area contributed by atoms with E-state index in [1.54, 1.807) is 0 Å². The summed E-state index contributed by atoms with van der Waals surface area (Å²) in [6.45, 7) is 0.607.